The van der Waals surface area contributed by atoms with Crippen molar-refractivity contribution in [2.24, 2.45) is 5.73 Å². The number of amides is 1. The number of benzene rings is 2. The summed E-state index contributed by atoms with van der Waals surface area (Å²) in [6, 6.07) is 10.8. The van der Waals surface area contributed by atoms with E-state index in [1.165, 1.54) is 0 Å². The van der Waals surface area contributed by atoms with E-state index in [0.717, 1.165) is 24.1 Å². The van der Waals surface area contributed by atoms with Crippen LogP contribution in [0.5, 0.6) is 0 Å². The lowest BCUT2D eigenvalue weighted by Gasteiger charge is -2.23. The lowest BCUT2D eigenvalue weighted by atomic mass is 9.96. The molecule has 2 aromatic carbocycles. The van der Waals surface area contributed by atoms with E-state index >= 15 is 0 Å². The lowest BCUT2D eigenvalue weighted by Crippen LogP contribution is -2.34. The first kappa shape index (κ1) is 22.9. The Balaban J connectivity index is 1.78. The molecule has 2 aromatic rings. The highest BCUT2D eigenvalue weighted by Crippen LogP contribution is 2.24. The summed E-state index contributed by atoms with van der Waals surface area (Å²) in [4.78, 5) is 26.3. The highest BCUT2D eigenvalue weighted by molar-refractivity contribution is 5.97. The first-order valence-electron chi connectivity index (χ1n) is 10.6. The van der Waals surface area contributed by atoms with Crippen LogP contribution in [0.3, 0.4) is 0 Å². The molecule has 1 saturated heterocycles. The van der Waals surface area contributed by atoms with Crippen molar-refractivity contribution >= 4 is 23.4 Å². The number of likely N-dealkylation sites (tertiary alicyclic amines) is 1. The molecule has 1 aliphatic heterocycles. The summed E-state index contributed by atoms with van der Waals surface area (Å²) in [6.45, 7) is 4.99. The molecule has 1 unspecified atom stereocenters. The van der Waals surface area contributed by atoms with Crippen LogP contribution in [0, 0.1) is 24.2 Å². The number of anilines is 1. The van der Waals surface area contributed by atoms with Gasteiger partial charge in [0.1, 0.15) is 5.84 Å². The Kier molecular flexibility index (Phi) is 7.16. The van der Waals surface area contributed by atoms with Gasteiger partial charge in [-0.3, -0.25) is 15.0 Å². The summed E-state index contributed by atoms with van der Waals surface area (Å²) in [6.07, 6.45) is 1.71. The molecular weight excluding hydrogens is 404 g/mol. The number of hydrogen-bond donors (Lipinski definition) is 4. The van der Waals surface area contributed by atoms with E-state index in [1.54, 1.807) is 24.3 Å². The maximum atomic E-state index is 13.1. The van der Waals surface area contributed by atoms with Gasteiger partial charge in [0, 0.05) is 35.0 Å². The molecule has 1 atom stereocenters. The summed E-state index contributed by atoms with van der Waals surface area (Å²) >= 11 is 0. The molecule has 7 heteroatoms. The van der Waals surface area contributed by atoms with Crippen LogP contribution in [0.4, 0.5) is 5.69 Å². The minimum Gasteiger partial charge on any atom is -0.481 e. The van der Waals surface area contributed by atoms with Gasteiger partial charge in [0.05, 0.1) is 13.0 Å². The first-order valence-corrected chi connectivity index (χ1v) is 10.6. The minimum absolute atomic E-state index is 0.0186. The fourth-order valence-electron chi connectivity index (χ4n) is 3.84. The highest BCUT2D eigenvalue weighted by atomic mass is 16.4. The number of aryl methyl sites for hydroxylation is 1. The summed E-state index contributed by atoms with van der Waals surface area (Å²) in [5.41, 5.74) is 9.46. The Morgan fingerprint density at radius 3 is 2.59 bits per heavy atom. The number of carboxylic acids is 1. The third-order valence-electron chi connectivity index (χ3n) is 5.64. The van der Waals surface area contributed by atoms with Crippen molar-refractivity contribution in [1.82, 2.24) is 4.90 Å². The number of carboxylic acid groups (broad SMARTS) is 1. The molecule has 1 amide bonds. The van der Waals surface area contributed by atoms with Crippen LogP contribution in [0.2, 0.25) is 0 Å². The number of carbonyl (C=O) groups is 2. The Labute approximate surface area is 188 Å². The van der Waals surface area contributed by atoms with Crippen LogP contribution >= 0.6 is 0 Å². The van der Waals surface area contributed by atoms with Crippen molar-refractivity contribution in [3.63, 3.8) is 0 Å². The van der Waals surface area contributed by atoms with Gasteiger partial charge < -0.3 is 21.1 Å². The van der Waals surface area contributed by atoms with Gasteiger partial charge in [-0.25, -0.2) is 0 Å². The third kappa shape index (κ3) is 5.46. The highest BCUT2D eigenvalue weighted by Gasteiger charge is 2.28. The molecule has 0 spiro atoms. The van der Waals surface area contributed by atoms with Crippen molar-refractivity contribution in [2.45, 2.75) is 39.2 Å². The molecule has 3 rings (SSSR count). The molecule has 5 N–H and O–H groups in total. The standard InChI is InChI=1S/C25H28N4O3/c1-16-13-22(25(32)29-12-4-5-17(29)2)20(15-23(30)31)14-19(16)6-3-11-28-21-9-7-18(8-10-21)24(26)27/h7-10,13-14,17,28H,4-5,11-12,15H2,1-2H3,(H3,26,27)(H,30,31). The smallest absolute Gasteiger partial charge is 0.307 e. The molecule has 1 heterocycles. The van der Waals surface area contributed by atoms with Crippen LogP contribution in [-0.2, 0) is 11.2 Å². The number of aliphatic carboxylic acids is 1. The molecule has 166 valence electrons. The number of nitrogens with one attached hydrogen (secondary N) is 2. The van der Waals surface area contributed by atoms with Gasteiger partial charge in [0.15, 0.2) is 0 Å². The van der Waals surface area contributed by atoms with E-state index < -0.39 is 5.97 Å². The molecule has 0 aliphatic carbocycles. The van der Waals surface area contributed by atoms with Crippen molar-refractivity contribution in [3.8, 4) is 11.8 Å². The van der Waals surface area contributed by atoms with Crippen molar-refractivity contribution < 1.29 is 14.7 Å². The average molecular weight is 433 g/mol. The van der Waals surface area contributed by atoms with E-state index in [1.807, 2.05) is 30.9 Å². The average Bonchev–Trinajstić information content (AvgIpc) is 3.18. The molecule has 7 nitrogen and oxygen atoms in total. The maximum absolute atomic E-state index is 13.1. The fraction of sp³-hybridized carbons (Fsp3) is 0.320. The summed E-state index contributed by atoms with van der Waals surface area (Å²) in [5.74, 6) is 5.07. The van der Waals surface area contributed by atoms with Gasteiger partial charge in [0.2, 0.25) is 0 Å². The van der Waals surface area contributed by atoms with E-state index in [4.69, 9.17) is 11.1 Å². The zero-order valence-corrected chi connectivity index (χ0v) is 18.4. The van der Waals surface area contributed by atoms with Crippen molar-refractivity contribution in [2.75, 3.05) is 18.4 Å². The van der Waals surface area contributed by atoms with Crippen LogP contribution in [0.25, 0.3) is 0 Å². The van der Waals surface area contributed by atoms with Crippen LogP contribution < -0.4 is 11.1 Å². The van der Waals surface area contributed by atoms with Gasteiger partial charge in [-0.05, 0) is 74.2 Å². The molecule has 32 heavy (non-hydrogen) atoms. The monoisotopic (exact) mass is 432 g/mol. The zero-order valence-electron chi connectivity index (χ0n) is 18.4. The molecule has 1 aliphatic rings. The number of nitrogen functional groups attached to an aromatic ring is 1. The van der Waals surface area contributed by atoms with E-state index in [9.17, 15) is 14.7 Å². The molecule has 0 radical (unpaired) electrons. The first-order chi connectivity index (χ1) is 15.3. The maximum Gasteiger partial charge on any atom is 0.307 e. The van der Waals surface area contributed by atoms with E-state index in [0.29, 0.717) is 35.3 Å². The normalized spacial score (nSPS) is 15.1. The Morgan fingerprint density at radius 1 is 1.28 bits per heavy atom. The van der Waals surface area contributed by atoms with Crippen LogP contribution in [0.1, 0.15) is 52.4 Å². The molecule has 0 saturated carbocycles. The molecular formula is C25H28N4O3. The van der Waals surface area contributed by atoms with Gasteiger partial charge >= 0.3 is 5.97 Å². The van der Waals surface area contributed by atoms with Crippen LogP contribution in [-0.4, -0.2) is 46.8 Å². The predicted molar refractivity (Wildman–Crippen MR) is 125 cm³/mol. The molecule has 0 bridgehead atoms. The Hall–Kier alpha value is -3.79. The largest absolute Gasteiger partial charge is 0.481 e. The van der Waals surface area contributed by atoms with Gasteiger partial charge in [-0.1, -0.05) is 11.8 Å². The number of hydrogen-bond acceptors (Lipinski definition) is 4. The quantitative estimate of drug-likeness (QED) is 0.318. The number of nitrogens with zero attached hydrogens (tertiary/aromatic N) is 1. The Morgan fingerprint density at radius 2 is 2.00 bits per heavy atom. The summed E-state index contributed by atoms with van der Waals surface area (Å²) in [5, 5.41) is 20.0. The van der Waals surface area contributed by atoms with Crippen LogP contribution in [0.15, 0.2) is 36.4 Å². The fourth-order valence-corrected chi connectivity index (χ4v) is 3.84. The predicted octanol–water partition coefficient (Wildman–Crippen LogP) is 2.99. The topological polar surface area (TPSA) is 120 Å². The van der Waals surface area contributed by atoms with E-state index in [-0.39, 0.29) is 24.2 Å². The second-order valence-corrected chi connectivity index (χ2v) is 8.03. The summed E-state index contributed by atoms with van der Waals surface area (Å²) in [7, 11) is 0. The van der Waals surface area contributed by atoms with Gasteiger partial charge in [-0.2, -0.15) is 0 Å². The third-order valence-corrected chi connectivity index (χ3v) is 5.64. The van der Waals surface area contributed by atoms with Crippen molar-refractivity contribution in [3.05, 3.63) is 64.2 Å². The summed E-state index contributed by atoms with van der Waals surface area (Å²) < 4.78 is 0. The second-order valence-electron chi connectivity index (χ2n) is 8.03. The minimum atomic E-state index is -0.980. The van der Waals surface area contributed by atoms with Gasteiger partial charge in [-0.15, -0.1) is 0 Å². The number of nitrogens with two attached hydrogens (primary N) is 1. The lowest BCUT2D eigenvalue weighted by molar-refractivity contribution is -0.136. The molecule has 0 aromatic heterocycles. The second kappa shape index (κ2) is 10.0. The zero-order chi connectivity index (χ0) is 23.3. The Bertz CT molecular complexity index is 1100. The SMILES string of the molecule is Cc1cc(C(=O)N2CCCC2C)c(CC(=O)O)cc1C#CCNc1ccc(C(=N)N)cc1. The number of rotatable bonds is 6. The van der Waals surface area contributed by atoms with Gasteiger partial charge in [0.25, 0.3) is 5.91 Å². The van der Waals surface area contributed by atoms with E-state index in [2.05, 4.69) is 17.2 Å². The number of amidine groups is 1. The molecule has 1 fully saturated rings. The van der Waals surface area contributed by atoms with Crippen molar-refractivity contribution in [1.29, 1.82) is 5.41 Å². The number of carbonyl (C=O) groups excluding carboxylic acids is 1.